The highest BCUT2D eigenvalue weighted by Crippen LogP contribution is 2.42. The number of aromatic nitrogens is 3. The Morgan fingerprint density at radius 3 is 2.48 bits per heavy atom. The molecule has 5 rings (SSSR count). The van der Waals surface area contributed by atoms with Gasteiger partial charge in [0.1, 0.15) is 5.25 Å². The van der Waals surface area contributed by atoms with E-state index < -0.39 is 5.25 Å². The van der Waals surface area contributed by atoms with Crippen molar-refractivity contribution in [3.05, 3.63) is 65.5 Å². The fourth-order valence-electron chi connectivity index (χ4n) is 4.76. The molecule has 2 heterocycles. The van der Waals surface area contributed by atoms with Crippen molar-refractivity contribution in [1.82, 2.24) is 14.9 Å². The van der Waals surface area contributed by atoms with Crippen LogP contribution in [0.2, 0.25) is 0 Å². The van der Waals surface area contributed by atoms with Crippen LogP contribution in [-0.4, -0.2) is 40.1 Å². The third kappa shape index (κ3) is 4.19. The number of nitrogens with one attached hydrogen (secondary N) is 1. The number of methoxy groups -OCH3 is 2. The number of thioether (sulfide) groups is 1. The quantitative estimate of drug-likeness (QED) is 0.515. The molecule has 3 aromatic rings. The highest BCUT2D eigenvalue weighted by molar-refractivity contribution is 8.00. The van der Waals surface area contributed by atoms with E-state index in [1.807, 2.05) is 53.2 Å². The van der Waals surface area contributed by atoms with Gasteiger partial charge in [0.15, 0.2) is 23.1 Å². The number of hydrogen-bond acceptors (Lipinski definition) is 7. The van der Waals surface area contributed by atoms with Crippen LogP contribution in [0.4, 0.5) is 0 Å². The lowest BCUT2D eigenvalue weighted by Crippen LogP contribution is -2.39. The maximum atomic E-state index is 13.6. The van der Waals surface area contributed by atoms with Gasteiger partial charge in [0.25, 0.3) is 0 Å². The Hall–Kier alpha value is -3.00. The molecule has 1 fully saturated rings. The van der Waals surface area contributed by atoms with Gasteiger partial charge in [-0.15, -0.1) is 10.2 Å². The largest absolute Gasteiger partial charge is 0.493 e. The lowest BCUT2D eigenvalue weighted by molar-refractivity contribution is 0.0980. The molecule has 2 aliphatic rings. The Labute approximate surface area is 197 Å². The normalized spacial score (nSPS) is 20.5. The van der Waals surface area contributed by atoms with Gasteiger partial charge in [-0.1, -0.05) is 67.4 Å². The van der Waals surface area contributed by atoms with Crippen molar-refractivity contribution in [2.75, 3.05) is 19.6 Å². The molecule has 0 radical (unpaired) electrons. The molecule has 1 N–H and O–H groups in total. The summed E-state index contributed by atoms with van der Waals surface area (Å²) in [6, 6.07) is 15.0. The molecule has 172 valence electrons. The Morgan fingerprint density at radius 1 is 1.00 bits per heavy atom. The summed E-state index contributed by atoms with van der Waals surface area (Å²) < 4.78 is 13.0. The summed E-state index contributed by atoms with van der Waals surface area (Å²) >= 11 is 1.48. The average Bonchev–Trinajstić information content (AvgIpc) is 3.31. The molecule has 0 unspecified atom stereocenters. The van der Waals surface area contributed by atoms with Crippen LogP contribution in [-0.2, 0) is 0 Å². The predicted octanol–water partition coefficient (Wildman–Crippen LogP) is 4.99. The molecule has 2 atom stereocenters. The van der Waals surface area contributed by atoms with Crippen LogP contribution >= 0.6 is 11.8 Å². The van der Waals surface area contributed by atoms with Crippen LogP contribution in [0.15, 0.2) is 53.7 Å². The lowest BCUT2D eigenvalue weighted by atomic mass is 9.89. The number of rotatable bonds is 6. The van der Waals surface area contributed by atoms with E-state index in [2.05, 4.69) is 15.6 Å². The van der Waals surface area contributed by atoms with Gasteiger partial charge in [-0.25, -0.2) is 4.68 Å². The Bertz CT molecular complexity index is 1130. The molecule has 1 aliphatic heterocycles. The number of benzene rings is 2. The van der Waals surface area contributed by atoms with Gasteiger partial charge >= 0.3 is 0 Å². The number of nitrogens with zero attached hydrogens (tertiary/aromatic N) is 3. The number of ether oxygens (including phenoxy) is 2. The number of fused-ring (bicyclic) bond motifs is 1. The summed E-state index contributed by atoms with van der Waals surface area (Å²) in [5, 5.41) is 9.35. The van der Waals surface area contributed by atoms with Gasteiger partial charge in [-0.3, -0.25) is 4.79 Å². The van der Waals surface area contributed by atoms with Crippen molar-refractivity contribution >= 4 is 17.5 Å². The van der Waals surface area contributed by atoms with Gasteiger partial charge in [0.05, 0.1) is 20.3 Å². The SMILES string of the molecule is COc1ccc([C@@H]2Nn3c(nnc3C3CCCCC3)S[C@@H]2C(=O)c2ccccc2)cc1OC. The van der Waals surface area contributed by atoms with Crippen molar-refractivity contribution in [3.63, 3.8) is 0 Å². The van der Waals surface area contributed by atoms with Crippen molar-refractivity contribution in [3.8, 4) is 11.5 Å². The average molecular weight is 465 g/mol. The first kappa shape index (κ1) is 21.8. The molecule has 0 amide bonds. The lowest BCUT2D eigenvalue weighted by Gasteiger charge is -2.34. The van der Waals surface area contributed by atoms with E-state index in [1.54, 1.807) is 14.2 Å². The van der Waals surface area contributed by atoms with E-state index in [1.165, 1.54) is 31.0 Å². The predicted molar refractivity (Wildman–Crippen MR) is 128 cm³/mol. The van der Waals surface area contributed by atoms with Crippen LogP contribution in [0.5, 0.6) is 11.5 Å². The number of carbonyl (C=O) groups is 1. The minimum atomic E-state index is -0.401. The fraction of sp³-hybridized carbons (Fsp3) is 0.400. The molecule has 33 heavy (non-hydrogen) atoms. The molecule has 0 saturated heterocycles. The Kier molecular flexibility index (Phi) is 6.26. The van der Waals surface area contributed by atoms with Gasteiger partial charge in [-0.2, -0.15) is 0 Å². The van der Waals surface area contributed by atoms with Crippen LogP contribution in [0, 0.1) is 0 Å². The minimum absolute atomic E-state index is 0.0568. The molecule has 8 heteroatoms. The van der Waals surface area contributed by atoms with Crippen molar-refractivity contribution in [2.24, 2.45) is 0 Å². The van der Waals surface area contributed by atoms with Gasteiger partial charge in [0.2, 0.25) is 5.16 Å². The minimum Gasteiger partial charge on any atom is -0.493 e. The topological polar surface area (TPSA) is 78.3 Å². The Balaban J connectivity index is 1.55. The summed E-state index contributed by atoms with van der Waals surface area (Å²) in [7, 11) is 3.24. The van der Waals surface area contributed by atoms with Crippen LogP contribution in [0.1, 0.15) is 65.8 Å². The van der Waals surface area contributed by atoms with Crippen LogP contribution < -0.4 is 14.9 Å². The van der Waals surface area contributed by atoms with Gasteiger partial charge in [-0.05, 0) is 30.5 Å². The second-order valence-corrected chi connectivity index (χ2v) is 9.61. The number of Topliss-reactive ketones (excluding diaryl/α,β-unsaturated/α-hetero) is 1. The molecule has 1 aromatic heterocycles. The third-order valence-electron chi connectivity index (χ3n) is 6.52. The molecule has 1 saturated carbocycles. The zero-order valence-electron chi connectivity index (χ0n) is 18.9. The first-order valence-electron chi connectivity index (χ1n) is 11.4. The van der Waals surface area contributed by atoms with E-state index in [0.29, 0.717) is 23.0 Å². The Morgan fingerprint density at radius 2 is 1.76 bits per heavy atom. The highest BCUT2D eigenvalue weighted by atomic mass is 32.2. The van der Waals surface area contributed by atoms with Crippen LogP contribution in [0.25, 0.3) is 0 Å². The summed E-state index contributed by atoms with van der Waals surface area (Å²) in [4.78, 5) is 13.6. The van der Waals surface area contributed by atoms with Gasteiger partial charge < -0.3 is 14.9 Å². The number of hydrogen-bond donors (Lipinski definition) is 1. The first-order valence-corrected chi connectivity index (χ1v) is 12.3. The summed E-state index contributed by atoms with van der Waals surface area (Å²) in [6.45, 7) is 0. The first-order chi connectivity index (χ1) is 16.2. The molecule has 0 spiro atoms. The van der Waals surface area contributed by atoms with Crippen molar-refractivity contribution < 1.29 is 14.3 Å². The summed E-state index contributed by atoms with van der Waals surface area (Å²) in [5.74, 6) is 2.70. The molecular formula is C25H28N4O3S. The second-order valence-electron chi connectivity index (χ2n) is 8.50. The van der Waals surface area contributed by atoms with Crippen LogP contribution in [0.3, 0.4) is 0 Å². The fourth-order valence-corrected chi connectivity index (χ4v) is 5.92. The summed E-state index contributed by atoms with van der Waals surface area (Å²) in [5.41, 5.74) is 5.23. The van der Waals surface area contributed by atoms with Gasteiger partial charge in [0, 0.05) is 11.5 Å². The number of ketones is 1. The maximum absolute atomic E-state index is 13.6. The van der Waals surface area contributed by atoms with E-state index in [9.17, 15) is 4.79 Å². The molecule has 1 aliphatic carbocycles. The second kappa shape index (κ2) is 9.47. The molecular weight excluding hydrogens is 436 g/mol. The standard InChI is InChI=1S/C25H28N4O3S/c1-31-19-14-13-18(15-20(19)32-2)21-23(22(30)16-9-5-3-6-10-16)33-25-27-26-24(29(25)28-21)17-11-7-4-8-12-17/h3,5-6,9-10,13-15,17,21,23,28H,4,7-8,11-12H2,1-2H3/t21-,23-/m0/s1. The monoisotopic (exact) mass is 464 g/mol. The zero-order valence-corrected chi connectivity index (χ0v) is 19.7. The number of carbonyl (C=O) groups excluding carboxylic acids is 1. The van der Waals surface area contributed by atoms with E-state index in [-0.39, 0.29) is 11.8 Å². The van der Waals surface area contributed by atoms with E-state index in [0.717, 1.165) is 29.4 Å². The van der Waals surface area contributed by atoms with Crippen molar-refractivity contribution in [2.45, 2.75) is 54.5 Å². The molecule has 0 bridgehead atoms. The zero-order chi connectivity index (χ0) is 22.8. The highest BCUT2D eigenvalue weighted by Gasteiger charge is 2.39. The molecule has 7 nitrogen and oxygen atoms in total. The maximum Gasteiger partial charge on any atom is 0.210 e. The molecule has 2 aromatic carbocycles. The third-order valence-corrected chi connectivity index (χ3v) is 7.73. The van der Waals surface area contributed by atoms with E-state index >= 15 is 0 Å². The smallest absolute Gasteiger partial charge is 0.210 e. The van der Waals surface area contributed by atoms with E-state index in [4.69, 9.17) is 9.47 Å². The summed E-state index contributed by atoms with van der Waals surface area (Å²) in [6.07, 6.45) is 5.96. The van der Waals surface area contributed by atoms with Crippen molar-refractivity contribution in [1.29, 1.82) is 0 Å².